The molecule has 2 unspecified atom stereocenters. The van der Waals surface area contributed by atoms with E-state index in [-0.39, 0.29) is 10.8 Å². The van der Waals surface area contributed by atoms with Crippen molar-refractivity contribution in [1.29, 1.82) is 0 Å². The van der Waals surface area contributed by atoms with Gasteiger partial charge in [-0.3, -0.25) is 0 Å². The van der Waals surface area contributed by atoms with Gasteiger partial charge in [0.05, 0.1) is 0 Å². The molecule has 0 radical (unpaired) electrons. The fourth-order valence-electron chi connectivity index (χ4n) is 2.23. The lowest BCUT2D eigenvalue weighted by atomic mass is 9.76. The highest BCUT2D eigenvalue weighted by Crippen LogP contribution is 2.32. The average Bonchev–Trinajstić information content (AvgIpc) is 2.19. The molecule has 0 spiro atoms. The first-order valence-corrected chi connectivity index (χ1v) is 7.05. The van der Waals surface area contributed by atoms with Gasteiger partial charge < -0.3 is 0 Å². The lowest BCUT2D eigenvalue weighted by Gasteiger charge is -2.28. The highest BCUT2D eigenvalue weighted by atomic mass is 14.3. The van der Waals surface area contributed by atoms with E-state index in [4.69, 9.17) is 12.8 Å². The number of unbranched alkanes of at least 4 members (excludes halogenated alkanes) is 1. The van der Waals surface area contributed by atoms with Crippen LogP contribution in [-0.2, 0) is 0 Å². The predicted octanol–water partition coefficient (Wildman–Crippen LogP) is 5.14. The van der Waals surface area contributed by atoms with E-state index in [1.807, 2.05) is 0 Å². The van der Waals surface area contributed by atoms with Crippen molar-refractivity contribution in [3.05, 3.63) is 0 Å². The van der Waals surface area contributed by atoms with Crippen LogP contribution in [0.1, 0.15) is 67.2 Å². The maximum Gasteiger partial charge on any atom is 0.0248 e. The molecule has 0 aliphatic heterocycles. The Hall–Kier alpha value is -0.880. The first-order valence-electron chi connectivity index (χ1n) is 7.05. The molecule has 0 amide bonds. The van der Waals surface area contributed by atoms with Gasteiger partial charge >= 0.3 is 0 Å². The monoisotopic (exact) mass is 246 g/mol. The average molecular weight is 246 g/mol. The van der Waals surface area contributed by atoms with E-state index in [0.717, 1.165) is 12.8 Å². The molecular weight excluding hydrogens is 216 g/mol. The standard InChI is InChI=1S/C18H30/c1-9-15(17(3,4)5)13-11-12-14-16(10-2)18(6,7)8/h1-2,15-16H,11-14H2,3-8H3. The van der Waals surface area contributed by atoms with Crippen molar-refractivity contribution >= 4 is 0 Å². The van der Waals surface area contributed by atoms with E-state index in [0.29, 0.717) is 11.8 Å². The Morgan fingerprint density at radius 1 is 0.722 bits per heavy atom. The Kier molecular flexibility index (Phi) is 6.56. The van der Waals surface area contributed by atoms with Crippen LogP contribution in [0.4, 0.5) is 0 Å². The Bertz CT molecular complexity index is 274. The molecule has 0 saturated heterocycles. The summed E-state index contributed by atoms with van der Waals surface area (Å²) < 4.78 is 0. The van der Waals surface area contributed by atoms with E-state index < -0.39 is 0 Å². The lowest BCUT2D eigenvalue weighted by Crippen LogP contribution is -2.20. The van der Waals surface area contributed by atoms with E-state index in [1.54, 1.807) is 0 Å². The van der Waals surface area contributed by atoms with E-state index >= 15 is 0 Å². The SMILES string of the molecule is C#CC(CCCCC(C#C)C(C)(C)C)C(C)(C)C. The zero-order valence-electron chi connectivity index (χ0n) is 13.1. The van der Waals surface area contributed by atoms with Crippen LogP contribution in [0.15, 0.2) is 0 Å². The van der Waals surface area contributed by atoms with Gasteiger partial charge in [0, 0.05) is 11.8 Å². The quantitative estimate of drug-likeness (QED) is 0.465. The maximum absolute atomic E-state index is 5.61. The van der Waals surface area contributed by atoms with Crippen molar-refractivity contribution in [1.82, 2.24) is 0 Å². The molecule has 0 nitrogen and oxygen atoms in total. The number of hydrogen-bond donors (Lipinski definition) is 0. The zero-order valence-corrected chi connectivity index (χ0v) is 13.1. The Balaban J connectivity index is 4.08. The van der Waals surface area contributed by atoms with Crippen molar-refractivity contribution in [2.24, 2.45) is 22.7 Å². The molecule has 0 aromatic rings. The summed E-state index contributed by atoms with van der Waals surface area (Å²) in [7, 11) is 0. The summed E-state index contributed by atoms with van der Waals surface area (Å²) in [5, 5.41) is 0. The molecule has 0 heterocycles. The van der Waals surface area contributed by atoms with Crippen LogP contribution in [0.2, 0.25) is 0 Å². The molecule has 0 saturated carbocycles. The highest BCUT2D eigenvalue weighted by Gasteiger charge is 2.24. The largest absolute Gasteiger partial charge is 0.120 e. The predicted molar refractivity (Wildman–Crippen MR) is 82.0 cm³/mol. The number of rotatable bonds is 5. The maximum atomic E-state index is 5.61. The molecule has 0 aromatic carbocycles. The third-order valence-electron chi connectivity index (χ3n) is 3.73. The van der Waals surface area contributed by atoms with Gasteiger partial charge in [-0.2, -0.15) is 0 Å². The van der Waals surface area contributed by atoms with Gasteiger partial charge in [-0.15, -0.1) is 24.7 Å². The first kappa shape index (κ1) is 17.1. The molecular formula is C18H30. The highest BCUT2D eigenvalue weighted by molar-refractivity contribution is 5.00. The van der Waals surface area contributed by atoms with Crippen molar-refractivity contribution in [3.63, 3.8) is 0 Å². The second-order valence-corrected chi connectivity index (χ2v) is 7.46. The fourth-order valence-corrected chi connectivity index (χ4v) is 2.23. The Morgan fingerprint density at radius 2 is 1.00 bits per heavy atom. The van der Waals surface area contributed by atoms with Crippen LogP contribution in [0.25, 0.3) is 0 Å². The normalized spacial score (nSPS) is 15.6. The molecule has 0 heteroatoms. The number of terminal acetylenes is 2. The minimum absolute atomic E-state index is 0.213. The van der Waals surface area contributed by atoms with Crippen LogP contribution in [-0.4, -0.2) is 0 Å². The summed E-state index contributed by atoms with van der Waals surface area (Å²) >= 11 is 0. The number of hydrogen-bond acceptors (Lipinski definition) is 0. The van der Waals surface area contributed by atoms with E-state index in [2.05, 4.69) is 53.4 Å². The van der Waals surface area contributed by atoms with Gasteiger partial charge in [-0.05, 0) is 23.7 Å². The Morgan fingerprint density at radius 3 is 1.17 bits per heavy atom. The van der Waals surface area contributed by atoms with Crippen molar-refractivity contribution in [2.75, 3.05) is 0 Å². The molecule has 0 rings (SSSR count). The van der Waals surface area contributed by atoms with Crippen LogP contribution in [0.3, 0.4) is 0 Å². The van der Waals surface area contributed by atoms with Gasteiger partial charge in [0.25, 0.3) is 0 Å². The van der Waals surface area contributed by atoms with Gasteiger partial charge in [-0.25, -0.2) is 0 Å². The topological polar surface area (TPSA) is 0 Å². The molecule has 102 valence electrons. The van der Waals surface area contributed by atoms with Crippen molar-refractivity contribution in [2.45, 2.75) is 67.2 Å². The van der Waals surface area contributed by atoms with Gasteiger partial charge in [0.2, 0.25) is 0 Å². The molecule has 0 aliphatic carbocycles. The summed E-state index contributed by atoms with van der Waals surface area (Å²) in [6.07, 6.45) is 15.8. The van der Waals surface area contributed by atoms with Gasteiger partial charge in [-0.1, -0.05) is 54.4 Å². The van der Waals surface area contributed by atoms with Crippen LogP contribution >= 0.6 is 0 Å². The summed E-state index contributed by atoms with van der Waals surface area (Å²) in [4.78, 5) is 0. The van der Waals surface area contributed by atoms with Crippen LogP contribution in [0, 0.1) is 47.4 Å². The van der Waals surface area contributed by atoms with Crippen LogP contribution in [0.5, 0.6) is 0 Å². The Labute approximate surface area is 115 Å². The van der Waals surface area contributed by atoms with Gasteiger partial charge in [0.1, 0.15) is 0 Å². The third kappa shape index (κ3) is 6.16. The van der Waals surface area contributed by atoms with Crippen LogP contribution < -0.4 is 0 Å². The molecule has 0 aliphatic rings. The van der Waals surface area contributed by atoms with Crippen molar-refractivity contribution < 1.29 is 0 Å². The molecule has 0 aromatic heterocycles. The smallest absolute Gasteiger partial charge is 0.0248 e. The summed E-state index contributed by atoms with van der Waals surface area (Å²) in [5.41, 5.74) is 0.425. The molecule has 18 heavy (non-hydrogen) atoms. The van der Waals surface area contributed by atoms with Gasteiger partial charge in [0.15, 0.2) is 0 Å². The summed E-state index contributed by atoms with van der Waals surface area (Å²) in [5.74, 6) is 6.61. The second-order valence-electron chi connectivity index (χ2n) is 7.46. The van der Waals surface area contributed by atoms with E-state index in [1.165, 1.54) is 12.8 Å². The molecule has 2 atom stereocenters. The fraction of sp³-hybridized carbons (Fsp3) is 0.778. The summed E-state index contributed by atoms with van der Waals surface area (Å²) in [6.45, 7) is 13.3. The minimum Gasteiger partial charge on any atom is -0.120 e. The second kappa shape index (κ2) is 6.89. The third-order valence-corrected chi connectivity index (χ3v) is 3.73. The first-order chi connectivity index (χ1) is 8.12. The lowest BCUT2D eigenvalue weighted by molar-refractivity contribution is 0.261. The zero-order chi connectivity index (χ0) is 14.4. The molecule has 0 N–H and O–H groups in total. The van der Waals surface area contributed by atoms with E-state index in [9.17, 15) is 0 Å². The molecule has 0 bridgehead atoms. The summed E-state index contributed by atoms with van der Waals surface area (Å²) in [6, 6.07) is 0. The minimum atomic E-state index is 0.213. The molecule has 0 fully saturated rings. The van der Waals surface area contributed by atoms with Crippen molar-refractivity contribution in [3.8, 4) is 24.7 Å².